The van der Waals surface area contributed by atoms with Crippen molar-refractivity contribution in [3.05, 3.63) is 29.8 Å². The molecule has 100 valence electrons. The maximum absolute atomic E-state index is 3.58. The van der Waals surface area contributed by atoms with Crippen LogP contribution < -0.4 is 10.2 Å². The Morgan fingerprint density at radius 1 is 1.17 bits per heavy atom. The first-order chi connectivity index (χ1) is 8.79. The number of hydrogen-bond acceptors (Lipinski definition) is 2. The van der Waals surface area contributed by atoms with E-state index in [4.69, 9.17) is 0 Å². The Kier molecular flexibility index (Phi) is 5.06. The highest BCUT2D eigenvalue weighted by Crippen LogP contribution is 2.18. The maximum Gasteiger partial charge on any atom is 0.0366 e. The summed E-state index contributed by atoms with van der Waals surface area (Å²) < 4.78 is 0. The molecule has 0 atom stereocenters. The molecule has 0 aliphatic heterocycles. The summed E-state index contributed by atoms with van der Waals surface area (Å²) in [4.78, 5) is 2.47. The van der Waals surface area contributed by atoms with Gasteiger partial charge in [0.2, 0.25) is 0 Å². The molecule has 1 aliphatic rings. The van der Waals surface area contributed by atoms with Crippen LogP contribution >= 0.6 is 0 Å². The van der Waals surface area contributed by atoms with Crippen molar-refractivity contribution in [1.82, 2.24) is 5.32 Å². The third-order valence-electron chi connectivity index (χ3n) is 3.65. The smallest absolute Gasteiger partial charge is 0.0366 e. The van der Waals surface area contributed by atoms with Gasteiger partial charge in [0, 0.05) is 24.8 Å². The molecule has 1 aromatic carbocycles. The minimum atomic E-state index is 0.851. The Morgan fingerprint density at radius 3 is 2.50 bits per heavy atom. The molecule has 2 rings (SSSR count). The molecular weight excluding hydrogens is 220 g/mol. The first kappa shape index (κ1) is 13.4. The number of benzene rings is 1. The normalized spacial score (nSPS) is 14.8. The Balaban J connectivity index is 1.68. The molecule has 0 amide bonds. The van der Waals surface area contributed by atoms with E-state index >= 15 is 0 Å². The van der Waals surface area contributed by atoms with Crippen LogP contribution in [0.1, 0.15) is 38.2 Å². The van der Waals surface area contributed by atoms with Crippen LogP contribution in [0.25, 0.3) is 0 Å². The largest absolute Gasteiger partial charge is 0.372 e. The van der Waals surface area contributed by atoms with Crippen LogP contribution in [0.4, 0.5) is 5.69 Å². The van der Waals surface area contributed by atoms with Gasteiger partial charge in [-0.05, 0) is 58.2 Å². The predicted molar refractivity (Wildman–Crippen MR) is 79.3 cm³/mol. The van der Waals surface area contributed by atoms with Gasteiger partial charge < -0.3 is 10.2 Å². The van der Waals surface area contributed by atoms with Gasteiger partial charge in [-0.25, -0.2) is 0 Å². The van der Waals surface area contributed by atoms with Gasteiger partial charge in [0.05, 0.1) is 0 Å². The molecule has 1 fully saturated rings. The fraction of sp³-hybridized carbons (Fsp3) is 0.625. The van der Waals surface area contributed by atoms with Crippen LogP contribution in [-0.4, -0.2) is 25.7 Å². The molecule has 0 aromatic heterocycles. The minimum Gasteiger partial charge on any atom is -0.372 e. The van der Waals surface area contributed by atoms with Crippen LogP contribution in [0.5, 0.6) is 0 Å². The molecule has 0 unspecified atom stereocenters. The maximum atomic E-state index is 3.58. The average molecular weight is 246 g/mol. The van der Waals surface area contributed by atoms with E-state index in [0.717, 1.165) is 12.6 Å². The van der Waals surface area contributed by atoms with E-state index in [-0.39, 0.29) is 0 Å². The van der Waals surface area contributed by atoms with Gasteiger partial charge in [0.1, 0.15) is 0 Å². The van der Waals surface area contributed by atoms with Gasteiger partial charge in [-0.3, -0.25) is 0 Å². The van der Waals surface area contributed by atoms with Crippen molar-refractivity contribution >= 4 is 5.69 Å². The second-order valence-electron chi connectivity index (χ2n) is 5.35. The van der Waals surface area contributed by atoms with Crippen molar-refractivity contribution in [2.24, 2.45) is 0 Å². The zero-order valence-corrected chi connectivity index (χ0v) is 11.8. The topological polar surface area (TPSA) is 15.3 Å². The highest BCUT2D eigenvalue weighted by Gasteiger charge is 2.19. The van der Waals surface area contributed by atoms with E-state index in [1.807, 2.05) is 0 Å². The summed E-state index contributed by atoms with van der Waals surface area (Å²) in [7, 11) is 0. The average Bonchev–Trinajstić information content (AvgIpc) is 3.19. The summed E-state index contributed by atoms with van der Waals surface area (Å²) >= 11 is 0. The quantitative estimate of drug-likeness (QED) is 0.708. The fourth-order valence-electron chi connectivity index (χ4n) is 2.25. The molecule has 0 radical (unpaired) electrons. The summed E-state index contributed by atoms with van der Waals surface area (Å²) in [6.07, 6.45) is 5.36. The van der Waals surface area contributed by atoms with E-state index in [2.05, 4.69) is 48.3 Å². The zero-order valence-electron chi connectivity index (χ0n) is 11.8. The van der Waals surface area contributed by atoms with E-state index in [0.29, 0.717) is 0 Å². The number of aryl methyl sites for hydroxylation is 1. The van der Waals surface area contributed by atoms with Gasteiger partial charge in [-0.2, -0.15) is 0 Å². The lowest BCUT2D eigenvalue weighted by molar-refractivity contribution is 0.612. The lowest BCUT2D eigenvalue weighted by atomic mass is 10.2. The molecule has 2 nitrogen and oxygen atoms in total. The number of nitrogens with zero attached hydrogens (tertiary/aromatic N) is 1. The van der Waals surface area contributed by atoms with Crippen molar-refractivity contribution in [3.63, 3.8) is 0 Å². The second kappa shape index (κ2) is 6.79. The van der Waals surface area contributed by atoms with E-state index in [9.17, 15) is 0 Å². The van der Waals surface area contributed by atoms with E-state index in [1.165, 1.54) is 50.0 Å². The summed E-state index contributed by atoms with van der Waals surface area (Å²) in [6.45, 7) is 7.84. The zero-order chi connectivity index (χ0) is 12.8. The lowest BCUT2D eigenvalue weighted by Crippen LogP contribution is -2.25. The Bertz CT molecular complexity index is 341. The highest BCUT2D eigenvalue weighted by molar-refractivity contribution is 5.47. The molecule has 1 aliphatic carbocycles. The molecule has 0 heterocycles. The highest BCUT2D eigenvalue weighted by atomic mass is 15.1. The van der Waals surface area contributed by atoms with Gasteiger partial charge in [-0.1, -0.05) is 17.7 Å². The van der Waals surface area contributed by atoms with Gasteiger partial charge in [-0.15, -0.1) is 0 Å². The molecule has 0 spiro atoms. The first-order valence-electron chi connectivity index (χ1n) is 7.34. The number of anilines is 1. The summed E-state index contributed by atoms with van der Waals surface area (Å²) in [5.74, 6) is 0. The van der Waals surface area contributed by atoms with Crippen molar-refractivity contribution in [1.29, 1.82) is 0 Å². The Labute approximate surface area is 111 Å². The monoisotopic (exact) mass is 246 g/mol. The third-order valence-corrected chi connectivity index (χ3v) is 3.65. The second-order valence-corrected chi connectivity index (χ2v) is 5.35. The Hall–Kier alpha value is -1.02. The summed E-state index contributed by atoms with van der Waals surface area (Å²) in [5.41, 5.74) is 2.70. The summed E-state index contributed by atoms with van der Waals surface area (Å²) in [5, 5.41) is 3.58. The molecule has 18 heavy (non-hydrogen) atoms. The van der Waals surface area contributed by atoms with Crippen LogP contribution in [0.15, 0.2) is 24.3 Å². The van der Waals surface area contributed by atoms with Crippen LogP contribution in [0.2, 0.25) is 0 Å². The molecule has 1 saturated carbocycles. The van der Waals surface area contributed by atoms with Crippen molar-refractivity contribution in [3.8, 4) is 0 Å². The standard InChI is InChI=1S/C16H26N2/c1-3-18(16-10-6-14(2)7-11-16)13-5-4-12-17-15-8-9-15/h6-7,10-11,15,17H,3-5,8-9,12-13H2,1-2H3. The van der Waals surface area contributed by atoms with Gasteiger partial charge in [0.25, 0.3) is 0 Å². The molecule has 1 N–H and O–H groups in total. The van der Waals surface area contributed by atoms with Gasteiger partial charge >= 0.3 is 0 Å². The van der Waals surface area contributed by atoms with Gasteiger partial charge in [0.15, 0.2) is 0 Å². The molecule has 0 bridgehead atoms. The number of unbranched alkanes of at least 4 members (excludes halogenated alkanes) is 1. The fourth-order valence-corrected chi connectivity index (χ4v) is 2.25. The van der Waals surface area contributed by atoms with Crippen LogP contribution in [-0.2, 0) is 0 Å². The lowest BCUT2D eigenvalue weighted by Gasteiger charge is -2.23. The first-order valence-corrected chi connectivity index (χ1v) is 7.34. The Morgan fingerprint density at radius 2 is 1.89 bits per heavy atom. The summed E-state index contributed by atoms with van der Waals surface area (Å²) in [6, 6.07) is 9.73. The molecule has 2 heteroatoms. The van der Waals surface area contributed by atoms with Crippen molar-refractivity contribution < 1.29 is 0 Å². The van der Waals surface area contributed by atoms with Crippen LogP contribution in [0.3, 0.4) is 0 Å². The molecule has 0 saturated heterocycles. The number of hydrogen-bond donors (Lipinski definition) is 1. The number of nitrogens with one attached hydrogen (secondary N) is 1. The van der Waals surface area contributed by atoms with Crippen LogP contribution in [0, 0.1) is 6.92 Å². The van der Waals surface area contributed by atoms with Crippen molar-refractivity contribution in [2.75, 3.05) is 24.5 Å². The molecular formula is C16H26N2. The van der Waals surface area contributed by atoms with E-state index in [1.54, 1.807) is 0 Å². The minimum absolute atomic E-state index is 0.851. The predicted octanol–water partition coefficient (Wildman–Crippen LogP) is 3.35. The molecule has 1 aromatic rings. The van der Waals surface area contributed by atoms with Crippen molar-refractivity contribution in [2.45, 2.75) is 45.6 Å². The number of rotatable bonds is 8. The third kappa shape index (κ3) is 4.34. The van der Waals surface area contributed by atoms with E-state index < -0.39 is 0 Å². The SMILES string of the molecule is CCN(CCCCNC1CC1)c1ccc(C)cc1.